The predicted octanol–water partition coefficient (Wildman–Crippen LogP) is 3.87. The van der Waals surface area contributed by atoms with Crippen LogP contribution >= 0.6 is 11.8 Å². The number of carbonyl (C=O) groups is 2. The summed E-state index contributed by atoms with van der Waals surface area (Å²) in [5.74, 6) is -0.151. The summed E-state index contributed by atoms with van der Waals surface area (Å²) >= 11 is 1.46. The maximum absolute atomic E-state index is 13.0. The van der Waals surface area contributed by atoms with Gasteiger partial charge in [-0.2, -0.15) is 0 Å². The van der Waals surface area contributed by atoms with Gasteiger partial charge in [0.1, 0.15) is 6.54 Å². The minimum absolute atomic E-state index is 0.0577. The van der Waals surface area contributed by atoms with E-state index in [0.717, 1.165) is 54.2 Å². The molecule has 184 valence electrons. The van der Waals surface area contributed by atoms with Crippen molar-refractivity contribution in [1.29, 1.82) is 0 Å². The molecule has 0 bridgehead atoms. The number of likely N-dealkylation sites (N-methyl/N-ethyl adjacent to an activating group) is 1. The van der Waals surface area contributed by atoms with Crippen LogP contribution in [0.2, 0.25) is 0 Å². The van der Waals surface area contributed by atoms with Gasteiger partial charge in [-0.15, -0.1) is 0 Å². The number of fused-ring (bicyclic) bond motifs is 2. The highest BCUT2D eigenvalue weighted by Crippen LogP contribution is 2.42. The molecular formula is C30H32N3O2S+. The first-order valence-corrected chi connectivity index (χ1v) is 13.4. The smallest absolute Gasteiger partial charge is 0.264 e. The zero-order chi connectivity index (χ0) is 25.1. The highest BCUT2D eigenvalue weighted by atomic mass is 32.2. The van der Waals surface area contributed by atoms with E-state index in [2.05, 4.69) is 35.6 Å². The van der Waals surface area contributed by atoms with Gasteiger partial charge in [-0.05, 0) is 42.3 Å². The van der Waals surface area contributed by atoms with Gasteiger partial charge in [0, 0.05) is 42.5 Å². The molecule has 5 nitrogen and oxygen atoms in total. The summed E-state index contributed by atoms with van der Waals surface area (Å²) in [4.78, 5) is 30.7. The standard InChI is InChI=1S/C30H31N3O2S/c1-21-7-5-8-22(17-21)18-28-30(35)32(2)26-19-24(11-12-27(26)36-28)29(34)31-14-6-15-33-16-13-23-9-3-4-10-25(23)20-33/h3-5,7-12,17-19H,6,13-16,20H2,1-2H3,(H,31,34)/p+1. The lowest BCUT2D eigenvalue weighted by atomic mass is 10.00. The molecule has 2 N–H and O–H groups in total. The van der Waals surface area contributed by atoms with E-state index < -0.39 is 0 Å². The fourth-order valence-electron chi connectivity index (χ4n) is 4.95. The topological polar surface area (TPSA) is 53.9 Å². The molecule has 5 rings (SSSR count). The number of aryl methyl sites for hydroxylation is 1. The molecule has 3 aromatic carbocycles. The normalized spacial score (nSPS) is 18.1. The largest absolute Gasteiger partial charge is 0.352 e. The molecular weight excluding hydrogens is 466 g/mol. The van der Waals surface area contributed by atoms with Crippen molar-refractivity contribution in [2.75, 3.05) is 31.6 Å². The van der Waals surface area contributed by atoms with E-state index in [0.29, 0.717) is 17.0 Å². The molecule has 2 aliphatic rings. The van der Waals surface area contributed by atoms with Crippen LogP contribution in [0.25, 0.3) is 6.08 Å². The molecule has 0 aromatic heterocycles. The Morgan fingerprint density at radius 3 is 2.75 bits per heavy atom. The molecule has 0 saturated carbocycles. The van der Waals surface area contributed by atoms with E-state index in [1.807, 2.05) is 49.4 Å². The van der Waals surface area contributed by atoms with E-state index >= 15 is 0 Å². The second kappa shape index (κ2) is 10.7. The Hall–Kier alpha value is -3.35. The van der Waals surface area contributed by atoms with Gasteiger partial charge in [0.15, 0.2) is 0 Å². The van der Waals surface area contributed by atoms with Gasteiger partial charge in [-0.1, -0.05) is 65.9 Å². The van der Waals surface area contributed by atoms with Crippen LogP contribution in [0.3, 0.4) is 0 Å². The van der Waals surface area contributed by atoms with Crippen molar-refractivity contribution in [1.82, 2.24) is 5.32 Å². The molecule has 1 atom stereocenters. The van der Waals surface area contributed by atoms with Crippen LogP contribution in [0.4, 0.5) is 5.69 Å². The Labute approximate surface area is 217 Å². The molecule has 3 aromatic rings. The lowest BCUT2D eigenvalue weighted by Crippen LogP contribution is -3.11. The minimum atomic E-state index is -0.0938. The maximum Gasteiger partial charge on any atom is 0.264 e. The number of anilines is 1. The average molecular weight is 499 g/mol. The number of benzene rings is 3. The van der Waals surface area contributed by atoms with Crippen molar-refractivity contribution >= 4 is 35.3 Å². The van der Waals surface area contributed by atoms with Gasteiger partial charge >= 0.3 is 0 Å². The van der Waals surface area contributed by atoms with Crippen LogP contribution in [0.5, 0.6) is 0 Å². The molecule has 0 spiro atoms. The Bertz CT molecular complexity index is 1330. The van der Waals surface area contributed by atoms with Crippen molar-refractivity contribution in [3.63, 3.8) is 0 Å². The third-order valence-corrected chi connectivity index (χ3v) is 8.03. The quantitative estimate of drug-likeness (QED) is 0.401. The average Bonchev–Trinajstić information content (AvgIpc) is 2.89. The van der Waals surface area contributed by atoms with Crippen molar-refractivity contribution in [2.45, 2.75) is 31.2 Å². The number of hydrogen-bond donors (Lipinski definition) is 2. The van der Waals surface area contributed by atoms with Crippen LogP contribution in [-0.2, 0) is 17.8 Å². The van der Waals surface area contributed by atoms with Crippen LogP contribution in [0.15, 0.2) is 76.5 Å². The highest BCUT2D eigenvalue weighted by molar-refractivity contribution is 8.04. The molecule has 2 heterocycles. The zero-order valence-corrected chi connectivity index (χ0v) is 21.7. The second-order valence-electron chi connectivity index (χ2n) is 9.63. The van der Waals surface area contributed by atoms with E-state index in [1.54, 1.807) is 16.8 Å². The number of nitrogens with one attached hydrogen (secondary N) is 2. The predicted molar refractivity (Wildman–Crippen MR) is 146 cm³/mol. The molecule has 0 saturated heterocycles. The number of carbonyl (C=O) groups excluding carboxylic acids is 2. The number of thioether (sulfide) groups is 1. The third-order valence-electron chi connectivity index (χ3n) is 6.96. The van der Waals surface area contributed by atoms with E-state index in [9.17, 15) is 9.59 Å². The summed E-state index contributed by atoms with van der Waals surface area (Å²) in [7, 11) is 1.77. The summed E-state index contributed by atoms with van der Waals surface area (Å²) in [6.07, 6.45) is 4.00. The van der Waals surface area contributed by atoms with Crippen LogP contribution in [-0.4, -0.2) is 38.5 Å². The van der Waals surface area contributed by atoms with Crippen LogP contribution in [0, 0.1) is 6.92 Å². The van der Waals surface area contributed by atoms with Crippen molar-refractivity contribution in [2.24, 2.45) is 0 Å². The van der Waals surface area contributed by atoms with Gasteiger partial charge < -0.3 is 15.1 Å². The Morgan fingerprint density at radius 2 is 1.92 bits per heavy atom. The fraction of sp³-hybridized carbons (Fsp3) is 0.267. The summed E-state index contributed by atoms with van der Waals surface area (Å²) in [5.41, 5.74) is 6.44. The second-order valence-corrected chi connectivity index (χ2v) is 10.7. The Balaban J connectivity index is 1.18. The van der Waals surface area contributed by atoms with Gasteiger partial charge in [-0.3, -0.25) is 9.59 Å². The van der Waals surface area contributed by atoms with E-state index in [1.165, 1.54) is 22.9 Å². The van der Waals surface area contributed by atoms with Gasteiger partial charge in [0.25, 0.3) is 11.8 Å². The van der Waals surface area contributed by atoms with Crippen molar-refractivity contribution in [3.8, 4) is 0 Å². The molecule has 2 amide bonds. The van der Waals surface area contributed by atoms with Gasteiger partial charge in [0.05, 0.1) is 23.7 Å². The maximum atomic E-state index is 13.0. The lowest BCUT2D eigenvalue weighted by Gasteiger charge is -2.27. The first-order chi connectivity index (χ1) is 17.5. The van der Waals surface area contributed by atoms with E-state index in [4.69, 9.17) is 0 Å². The van der Waals surface area contributed by atoms with Gasteiger partial charge in [-0.25, -0.2) is 0 Å². The lowest BCUT2D eigenvalue weighted by molar-refractivity contribution is -0.916. The zero-order valence-electron chi connectivity index (χ0n) is 20.8. The summed E-state index contributed by atoms with van der Waals surface area (Å²) < 4.78 is 0. The number of quaternary nitrogens is 1. The van der Waals surface area contributed by atoms with Crippen LogP contribution in [0.1, 0.15) is 39.0 Å². The molecule has 0 fully saturated rings. The molecule has 36 heavy (non-hydrogen) atoms. The molecule has 6 heteroatoms. The van der Waals surface area contributed by atoms with E-state index in [-0.39, 0.29) is 11.8 Å². The van der Waals surface area contributed by atoms with Crippen molar-refractivity contribution in [3.05, 3.63) is 99.5 Å². The number of amides is 2. The molecule has 1 unspecified atom stereocenters. The molecule has 2 aliphatic heterocycles. The summed E-state index contributed by atoms with van der Waals surface area (Å²) in [6.45, 7) is 5.94. The third kappa shape index (κ3) is 5.40. The summed E-state index contributed by atoms with van der Waals surface area (Å²) in [5, 5.41) is 3.06. The Kier molecular flexibility index (Phi) is 7.25. The minimum Gasteiger partial charge on any atom is -0.352 e. The molecule has 0 radical (unpaired) electrons. The van der Waals surface area contributed by atoms with Crippen molar-refractivity contribution < 1.29 is 14.5 Å². The number of nitrogens with zero attached hydrogens (tertiary/aromatic N) is 1. The summed E-state index contributed by atoms with van der Waals surface area (Å²) in [6, 6.07) is 22.4. The molecule has 0 aliphatic carbocycles. The monoisotopic (exact) mass is 498 g/mol. The Morgan fingerprint density at radius 1 is 1.08 bits per heavy atom. The first kappa shape index (κ1) is 24.3. The SMILES string of the molecule is Cc1cccc(C=C2Sc3ccc(C(=O)NCCC[NH+]4CCc5ccccc5C4)cc3N(C)C2=O)c1. The fourth-order valence-corrected chi connectivity index (χ4v) is 6.04. The number of rotatable bonds is 6. The number of hydrogen-bond acceptors (Lipinski definition) is 3. The first-order valence-electron chi connectivity index (χ1n) is 12.5. The highest BCUT2D eigenvalue weighted by Gasteiger charge is 2.27. The van der Waals surface area contributed by atoms with Gasteiger partial charge in [0.2, 0.25) is 0 Å². The van der Waals surface area contributed by atoms with Crippen LogP contribution < -0.4 is 15.1 Å².